The summed E-state index contributed by atoms with van der Waals surface area (Å²) in [6.07, 6.45) is 2.41. The van der Waals surface area contributed by atoms with Crippen LogP contribution in [0, 0.1) is 0 Å². The topological polar surface area (TPSA) is 88.4 Å². The number of ether oxygens (including phenoxy) is 1. The van der Waals surface area contributed by atoms with Crippen LogP contribution in [0.2, 0.25) is 0 Å². The molecule has 3 aromatic heterocycles. The van der Waals surface area contributed by atoms with E-state index in [2.05, 4.69) is 25.1 Å². The van der Waals surface area contributed by atoms with Gasteiger partial charge in [0, 0.05) is 43.7 Å². The Balaban J connectivity index is 1.50. The lowest BCUT2D eigenvalue weighted by molar-refractivity contribution is -0.0374. The van der Waals surface area contributed by atoms with Gasteiger partial charge in [0.2, 0.25) is 0 Å². The Morgan fingerprint density at radius 2 is 2.38 bits per heavy atom. The molecule has 8 nitrogen and oxygen atoms in total. The predicted molar refractivity (Wildman–Crippen MR) is 89.1 cm³/mol. The van der Waals surface area contributed by atoms with Gasteiger partial charge in [-0.2, -0.15) is 5.10 Å². The van der Waals surface area contributed by atoms with Crippen LogP contribution in [-0.4, -0.2) is 49.2 Å². The van der Waals surface area contributed by atoms with Gasteiger partial charge >= 0.3 is 0 Å². The van der Waals surface area contributed by atoms with Crippen LogP contribution < -0.4 is 5.56 Å². The predicted octanol–water partition coefficient (Wildman–Crippen LogP) is 1.01. The van der Waals surface area contributed by atoms with E-state index in [1.54, 1.807) is 16.7 Å². The molecule has 1 unspecified atom stereocenters. The fourth-order valence-electron chi connectivity index (χ4n) is 2.81. The SMILES string of the molecule is CCc1nc(C2CN(Cc3cc(=O)n4ccsc4n3)CCO2)n[nH]1. The maximum absolute atomic E-state index is 12.1. The van der Waals surface area contributed by atoms with Gasteiger partial charge in [-0.25, -0.2) is 9.97 Å². The van der Waals surface area contributed by atoms with Crippen LogP contribution in [0.4, 0.5) is 0 Å². The van der Waals surface area contributed by atoms with Crippen molar-refractivity contribution in [2.24, 2.45) is 0 Å². The van der Waals surface area contributed by atoms with E-state index in [1.807, 2.05) is 12.3 Å². The number of nitrogens with zero attached hydrogens (tertiary/aromatic N) is 5. The van der Waals surface area contributed by atoms with Crippen LogP contribution in [0.15, 0.2) is 22.4 Å². The molecule has 0 aliphatic carbocycles. The van der Waals surface area contributed by atoms with Crippen molar-refractivity contribution in [3.63, 3.8) is 0 Å². The minimum absolute atomic E-state index is 0.0392. The molecule has 0 amide bonds. The summed E-state index contributed by atoms with van der Waals surface area (Å²) in [7, 11) is 0. The molecule has 9 heteroatoms. The summed E-state index contributed by atoms with van der Waals surface area (Å²) in [6, 6.07) is 1.60. The molecule has 1 fully saturated rings. The van der Waals surface area contributed by atoms with Crippen molar-refractivity contribution in [3.8, 4) is 0 Å². The van der Waals surface area contributed by atoms with E-state index in [9.17, 15) is 4.79 Å². The molecule has 1 atom stereocenters. The Labute approximate surface area is 142 Å². The number of aromatic amines is 1. The summed E-state index contributed by atoms with van der Waals surface area (Å²) in [4.78, 5) is 24.1. The third kappa shape index (κ3) is 2.97. The Morgan fingerprint density at radius 3 is 3.21 bits per heavy atom. The van der Waals surface area contributed by atoms with Crippen molar-refractivity contribution in [2.45, 2.75) is 26.0 Å². The van der Waals surface area contributed by atoms with E-state index in [0.29, 0.717) is 25.5 Å². The van der Waals surface area contributed by atoms with Gasteiger partial charge in [-0.05, 0) is 0 Å². The molecule has 4 rings (SSSR count). The van der Waals surface area contributed by atoms with E-state index < -0.39 is 0 Å². The molecule has 0 spiro atoms. The third-order valence-electron chi connectivity index (χ3n) is 4.06. The van der Waals surface area contributed by atoms with Gasteiger partial charge in [-0.15, -0.1) is 11.3 Å². The lowest BCUT2D eigenvalue weighted by Gasteiger charge is -2.31. The Kier molecular flexibility index (Phi) is 4.13. The molecular formula is C15H18N6O2S. The highest BCUT2D eigenvalue weighted by Gasteiger charge is 2.25. The molecule has 1 aliphatic heterocycles. The Bertz CT molecular complexity index is 901. The van der Waals surface area contributed by atoms with Crippen molar-refractivity contribution >= 4 is 16.3 Å². The highest BCUT2D eigenvalue weighted by atomic mass is 32.1. The van der Waals surface area contributed by atoms with E-state index in [0.717, 1.165) is 29.4 Å². The number of nitrogens with one attached hydrogen (secondary N) is 1. The first-order chi connectivity index (χ1) is 11.7. The standard InChI is InChI=1S/C15H18N6O2S/c1-2-12-17-14(19-18-12)11-9-20(3-5-23-11)8-10-7-13(22)21-4-6-24-15(21)16-10/h4,6-7,11H,2-3,5,8-9H2,1H3,(H,17,18,19). The second-order valence-electron chi connectivity index (χ2n) is 5.73. The molecule has 1 N–H and O–H groups in total. The van der Waals surface area contributed by atoms with Gasteiger partial charge in [-0.1, -0.05) is 6.92 Å². The van der Waals surface area contributed by atoms with Gasteiger partial charge in [0.05, 0.1) is 12.3 Å². The van der Waals surface area contributed by atoms with Crippen LogP contribution in [0.1, 0.15) is 30.4 Å². The van der Waals surface area contributed by atoms with Crippen LogP contribution in [0.5, 0.6) is 0 Å². The molecule has 1 saturated heterocycles. The molecule has 0 saturated carbocycles. The van der Waals surface area contributed by atoms with Gasteiger partial charge in [0.15, 0.2) is 10.8 Å². The van der Waals surface area contributed by atoms with E-state index in [-0.39, 0.29) is 11.7 Å². The van der Waals surface area contributed by atoms with Crippen molar-refractivity contribution < 1.29 is 4.74 Å². The number of fused-ring (bicyclic) bond motifs is 1. The number of thiazole rings is 1. The van der Waals surface area contributed by atoms with Gasteiger partial charge in [-0.3, -0.25) is 19.2 Å². The highest BCUT2D eigenvalue weighted by Crippen LogP contribution is 2.20. The number of hydrogen-bond acceptors (Lipinski definition) is 7. The quantitative estimate of drug-likeness (QED) is 0.758. The molecule has 4 heterocycles. The molecule has 0 radical (unpaired) electrons. The zero-order valence-electron chi connectivity index (χ0n) is 13.3. The Hall–Kier alpha value is -2.10. The molecular weight excluding hydrogens is 328 g/mol. The third-order valence-corrected chi connectivity index (χ3v) is 4.82. The first-order valence-electron chi connectivity index (χ1n) is 7.94. The van der Waals surface area contributed by atoms with Crippen LogP contribution >= 0.6 is 11.3 Å². The van der Waals surface area contributed by atoms with E-state index in [4.69, 9.17) is 4.74 Å². The van der Waals surface area contributed by atoms with Gasteiger partial charge < -0.3 is 4.74 Å². The first-order valence-corrected chi connectivity index (χ1v) is 8.82. The maximum atomic E-state index is 12.1. The highest BCUT2D eigenvalue weighted by molar-refractivity contribution is 7.15. The molecule has 3 aromatic rings. The lowest BCUT2D eigenvalue weighted by Crippen LogP contribution is -2.38. The number of morpholine rings is 1. The average molecular weight is 346 g/mol. The normalized spacial score (nSPS) is 19.1. The van der Waals surface area contributed by atoms with E-state index in [1.165, 1.54) is 11.3 Å². The van der Waals surface area contributed by atoms with Crippen molar-refractivity contribution in [1.29, 1.82) is 0 Å². The lowest BCUT2D eigenvalue weighted by atomic mass is 10.2. The summed E-state index contributed by atoms with van der Waals surface area (Å²) < 4.78 is 7.37. The second kappa shape index (κ2) is 6.42. The summed E-state index contributed by atoms with van der Waals surface area (Å²) >= 11 is 1.46. The van der Waals surface area contributed by atoms with Crippen LogP contribution in [-0.2, 0) is 17.7 Å². The molecule has 126 valence electrons. The summed E-state index contributed by atoms with van der Waals surface area (Å²) in [5.41, 5.74) is 0.745. The van der Waals surface area contributed by atoms with Gasteiger partial charge in [0.25, 0.3) is 5.56 Å². The largest absolute Gasteiger partial charge is 0.367 e. The summed E-state index contributed by atoms with van der Waals surface area (Å²) in [5, 5.41) is 9.04. The van der Waals surface area contributed by atoms with Crippen LogP contribution in [0.3, 0.4) is 0 Å². The van der Waals surface area contributed by atoms with Gasteiger partial charge in [0.1, 0.15) is 11.9 Å². The van der Waals surface area contributed by atoms with Crippen molar-refractivity contribution in [3.05, 3.63) is 45.3 Å². The summed E-state index contributed by atoms with van der Waals surface area (Å²) in [6.45, 7) is 4.75. The van der Waals surface area contributed by atoms with Crippen LogP contribution in [0.25, 0.3) is 4.96 Å². The molecule has 0 bridgehead atoms. The molecule has 1 aliphatic rings. The monoisotopic (exact) mass is 346 g/mol. The zero-order chi connectivity index (χ0) is 16.5. The minimum Gasteiger partial charge on any atom is -0.367 e. The maximum Gasteiger partial charge on any atom is 0.258 e. The van der Waals surface area contributed by atoms with E-state index >= 15 is 0 Å². The van der Waals surface area contributed by atoms with Crippen molar-refractivity contribution in [2.75, 3.05) is 19.7 Å². The first kappa shape index (κ1) is 15.4. The number of rotatable bonds is 4. The number of aromatic nitrogens is 5. The smallest absolute Gasteiger partial charge is 0.258 e. The second-order valence-corrected chi connectivity index (χ2v) is 6.60. The molecule has 0 aromatic carbocycles. The fraction of sp³-hybridized carbons (Fsp3) is 0.467. The Morgan fingerprint density at radius 1 is 1.46 bits per heavy atom. The number of aryl methyl sites for hydroxylation is 1. The number of hydrogen-bond donors (Lipinski definition) is 1. The van der Waals surface area contributed by atoms with Crippen molar-refractivity contribution in [1.82, 2.24) is 29.5 Å². The average Bonchev–Trinajstić information content (AvgIpc) is 3.24. The minimum atomic E-state index is -0.151. The fourth-order valence-corrected chi connectivity index (χ4v) is 3.55. The number of H-pyrrole nitrogens is 1. The summed E-state index contributed by atoms with van der Waals surface area (Å²) in [5.74, 6) is 1.56. The molecule has 24 heavy (non-hydrogen) atoms. The zero-order valence-corrected chi connectivity index (χ0v) is 14.1.